The first-order valence-electron chi connectivity index (χ1n) is 9.37. The number of carbonyl (C=O) groups is 1. The molecule has 3 nitrogen and oxygen atoms in total. The second kappa shape index (κ2) is 8.64. The molecule has 1 aliphatic heterocycles. The molecule has 1 heterocycles. The smallest absolute Gasteiger partial charge is 0.231 e. The molecule has 0 aliphatic carbocycles. The Hall–Kier alpha value is -1.55. The Morgan fingerprint density at radius 2 is 1.85 bits per heavy atom. The van der Waals surface area contributed by atoms with Gasteiger partial charge in [0.2, 0.25) is 5.91 Å². The van der Waals surface area contributed by atoms with Gasteiger partial charge in [-0.05, 0) is 68.6 Å². The van der Waals surface area contributed by atoms with Gasteiger partial charge in [0, 0.05) is 41.4 Å². The highest BCUT2D eigenvalue weighted by molar-refractivity contribution is 6.35. The van der Waals surface area contributed by atoms with Crippen LogP contribution >= 0.6 is 23.2 Å². The number of hydrogen-bond donors (Lipinski definition) is 0. The summed E-state index contributed by atoms with van der Waals surface area (Å²) in [5.41, 5.74) is 4.33. The van der Waals surface area contributed by atoms with Gasteiger partial charge in [0.25, 0.3) is 0 Å². The number of benzene rings is 2. The van der Waals surface area contributed by atoms with E-state index in [4.69, 9.17) is 23.2 Å². The lowest BCUT2D eigenvalue weighted by atomic mass is 9.95. The molecular weight excluding hydrogens is 379 g/mol. The second-order valence-corrected chi connectivity index (χ2v) is 8.25. The summed E-state index contributed by atoms with van der Waals surface area (Å²) >= 11 is 12.6. The van der Waals surface area contributed by atoms with Crippen LogP contribution in [0.25, 0.3) is 0 Å². The van der Waals surface area contributed by atoms with E-state index in [0.717, 1.165) is 37.2 Å². The van der Waals surface area contributed by atoms with Gasteiger partial charge in [0.15, 0.2) is 0 Å². The first-order valence-corrected chi connectivity index (χ1v) is 10.1. The highest BCUT2D eigenvalue weighted by Crippen LogP contribution is 2.29. The topological polar surface area (TPSA) is 23.6 Å². The van der Waals surface area contributed by atoms with Gasteiger partial charge in [-0.15, -0.1) is 0 Å². The molecule has 0 N–H and O–H groups in total. The summed E-state index contributed by atoms with van der Waals surface area (Å²) in [6.07, 6.45) is 1.92. The molecule has 1 unspecified atom stereocenters. The lowest BCUT2D eigenvalue weighted by Crippen LogP contribution is -2.43. The highest BCUT2D eigenvalue weighted by Gasteiger charge is 2.29. The number of aryl methyl sites for hydroxylation is 2. The summed E-state index contributed by atoms with van der Waals surface area (Å²) < 4.78 is 0. The third kappa shape index (κ3) is 4.66. The number of nitrogens with zero attached hydrogens (tertiary/aromatic N) is 2. The lowest BCUT2D eigenvalue weighted by molar-refractivity contribution is -0.123. The largest absolute Gasteiger partial charge is 0.315 e. The fourth-order valence-corrected chi connectivity index (χ4v) is 4.16. The Labute approximate surface area is 171 Å². The van der Waals surface area contributed by atoms with Crippen LogP contribution in [0.1, 0.15) is 29.5 Å². The van der Waals surface area contributed by atoms with Crippen molar-refractivity contribution in [3.8, 4) is 0 Å². The van der Waals surface area contributed by atoms with Crippen LogP contribution < -0.4 is 4.90 Å². The number of halogens is 2. The molecule has 5 heteroatoms. The Morgan fingerprint density at radius 3 is 2.52 bits per heavy atom. The molecule has 1 saturated heterocycles. The van der Waals surface area contributed by atoms with E-state index in [9.17, 15) is 4.79 Å². The second-order valence-electron chi connectivity index (χ2n) is 7.44. The van der Waals surface area contributed by atoms with Gasteiger partial charge in [-0.25, -0.2) is 0 Å². The zero-order chi connectivity index (χ0) is 19.6. The molecule has 1 atom stereocenters. The van der Waals surface area contributed by atoms with Crippen molar-refractivity contribution in [2.75, 3.05) is 25.0 Å². The van der Waals surface area contributed by atoms with E-state index in [1.807, 2.05) is 31.3 Å². The Morgan fingerprint density at radius 1 is 1.15 bits per heavy atom. The van der Waals surface area contributed by atoms with Crippen LogP contribution in [0.15, 0.2) is 36.4 Å². The minimum Gasteiger partial charge on any atom is -0.315 e. The zero-order valence-electron chi connectivity index (χ0n) is 16.1. The molecule has 0 aromatic heterocycles. The molecule has 27 heavy (non-hydrogen) atoms. The van der Waals surface area contributed by atoms with Gasteiger partial charge in [-0.3, -0.25) is 9.69 Å². The molecule has 0 saturated carbocycles. The SMILES string of the molecule is Cc1ccc(N(C)C(=O)C2CCCN(Cc3c(Cl)cccc3Cl)C2)cc1C. The summed E-state index contributed by atoms with van der Waals surface area (Å²) in [6.45, 7) is 6.52. The van der Waals surface area contributed by atoms with E-state index >= 15 is 0 Å². The van der Waals surface area contributed by atoms with E-state index in [2.05, 4.69) is 30.9 Å². The summed E-state index contributed by atoms with van der Waals surface area (Å²) in [5, 5.41) is 1.37. The van der Waals surface area contributed by atoms with Crippen molar-refractivity contribution in [1.82, 2.24) is 4.90 Å². The molecule has 1 fully saturated rings. The van der Waals surface area contributed by atoms with Crippen LogP contribution in [0, 0.1) is 19.8 Å². The Bertz CT molecular complexity index is 817. The lowest BCUT2D eigenvalue weighted by Gasteiger charge is -2.34. The molecular formula is C22H26Cl2N2O. The number of piperidine rings is 1. The maximum atomic E-state index is 13.1. The summed E-state index contributed by atoms with van der Waals surface area (Å²) in [4.78, 5) is 17.2. The number of carbonyl (C=O) groups excluding carboxylic acids is 1. The highest BCUT2D eigenvalue weighted by atomic mass is 35.5. The van der Waals surface area contributed by atoms with E-state index < -0.39 is 0 Å². The number of amides is 1. The third-order valence-electron chi connectivity index (χ3n) is 5.51. The van der Waals surface area contributed by atoms with Gasteiger partial charge in [0.1, 0.15) is 0 Å². The normalized spacial score (nSPS) is 17.7. The maximum Gasteiger partial charge on any atom is 0.231 e. The standard InChI is InChI=1S/C22H26Cl2N2O/c1-15-9-10-18(12-16(15)2)25(3)22(27)17-6-5-11-26(13-17)14-19-20(23)7-4-8-21(19)24/h4,7-10,12,17H,5-6,11,13-14H2,1-3H3. The van der Waals surface area contributed by atoms with Crippen LogP contribution in [-0.4, -0.2) is 30.9 Å². The van der Waals surface area contributed by atoms with Crippen LogP contribution in [0.3, 0.4) is 0 Å². The first kappa shape index (κ1) is 20.2. The molecule has 2 aromatic carbocycles. The zero-order valence-corrected chi connectivity index (χ0v) is 17.6. The van der Waals surface area contributed by atoms with Crippen molar-refractivity contribution < 1.29 is 4.79 Å². The molecule has 144 valence electrons. The fourth-order valence-electron chi connectivity index (χ4n) is 3.64. The van der Waals surface area contributed by atoms with Crippen LogP contribution in [0.2, 0.25) is 10.0 Å². The fraction of sp³-hybridized carbons (Fsp3) is 0.409. The van der Waals surface area contributed by atoms with Gasteiger partial charge in [0.05, 0.1) is 5.92 Å². The monoisotopic (exact) mass is 404 g/mol. The van der Waals surface area contributed by atoms with Gasteiger partial charge in [-0.2, -0.15) is 0 Å². The van der Waals surface area contributed by atoms with E-state index in [-0.39, 0.29) is 11.8 Å². The summed E-state index contributed by atoms with van der Waals surface area (Å²) in [5.74, 6) is 0.167. The summed E-state index contributed by atoms with van der Waals surface area (Å²) in [6, 6.07) is 11.8. The molecule has 1 amide bonds. The molecule has 0 radical (unpaired) electrons. The average molecular weight is 405 g/mol. The van der Waals surface area contributed by atoms with Crippen molar-refractivity contribution >= 4 is 34.8 Å². The van der Waals surface area contributed by atoms with Gasteiger partial charge >= 0.3 is 0 Å². The first-order chi connectivity index (χ1) is 12.9. The van der Waals surface area contributed by atoms with Crippen LogP contribution in [0.5, 0.6) is 0 Å². The molecule has 0 spiro atoms. The van der Waals surface area contributed by atoms with Crippen LogP contribution in [-0.2, 0) is 11.3 Å². The van der Waals surface area contributed by atoms with Gasteiger partial charge in [-0.1, -0.05) is 35.3 Å². The van der Waals surface area contributed by atoms with E-state index in [1.54, 1.807) is 4.90 Å². The quantitative estimate of drug-likeness (QED) is 0.672. The van der Waals surface area contributed by atoms with Crippen molar-refractivity contribution in [1.29, 1.82) is 0 Å². The third-order valence-corrected chi connectivity index (χ3v) is 6.21. The molecule has 1 aliphatic rings. The number of likely N-dealkylation sites (tertiary alicyclic amines) is 1. The predicted molar refractivity (Wildman–Crippen MR) is 114 cm³/mol. The van der Waals surface area contributed by atoms with Gasteiger partial charge < -0.3 is 4.90 Å². The Balaban J connectivity index is 1.69. The molecule has 2 aromatic rings. The number of anilines is 1. The maximum absolute atomic E-state index is 13.1. The van der Waals surface area contributed by atoms with E-state index in [0.29, 0.717) is 16.6 Å². The van der Waals surface area contributed by atoms with Crippen molar-refractivity contribution in [3.63, 3.8) is 0 Å². The van der Waals surface area contributed by atoms with Crippen molar-refractivity contribution in [2.45, 2.75) is 33.2 Å². The minimum atomic E-state index is -0.00776. The van der Waals surface area contributed by atoms with E-state index in [1.165, 1.54) is 11.1 Å². The number of rotatable bonds is 4. The Kier molecular flexibility index (Phi) is 6.46. The minimum absolute atomic E-state index is 0.00776. The van der Waals surface area contributed by atoms with Crippen molar-refractivity contribution in [3.05, 3.63) is 63.1 Å². The van der Waals surface area contributed by atoms with Crippen LogP contribution in [0.4, 0.5) is 5.69 Å². The molecule has 0 bridgehead atoms. The molecule has 3 rings (SSSR count). The summed E-state index contributed by atoms with van der Waals surface area (Å²) in [7, 11) is 1.87. The predicted octanol–water partition coefficient (Wildman–Crippen LogP) is 5.49. The number of hydrogen-bond acceptors (Lipinski definition) is 2. The van der Waals surface area contributed by atoms with Crippen molar-refractivity contribution in [2.24, 2.45) is 5.92 Å². The average Bonchev–Trinajstić information content (AvgIpc) is 2.66.